The Hall–Kier alpha value is -3.02. The van der Waals surface area contributed by atoms with Crippen LogP contribution >= 0.6 is 0 Å². The highest BCUT2D eigenvalue weighted by atomic mass is 16.2. The second kappa shape index (κ2) is 8.73. The van der Waals surface area contributed by atoms with Crippen LogP contribution in [0.4, 0.5) is 22.7 Å². The van der Waals surface area contributed by atoms with E-state index in [9.17, 15) is 9.59 Å². The average Bonchev–Trinajstić information content (AvgIpc) is 2.55. The predicted molar refractivity (Wildman–Crippen MR) is 103 cm³/mol. The van der Waals surface area contributed by atoms with E-state index in [-0.39, 0.29) is 11.8 Å². The number of carbonyl (C=O) groups is 2. The van der Waals surface area contributed by atoms with E-state index in [2.05, 4.69) is 16.0 Å². The van der Waals surface area contributed by atoms with Crippen molar-refractivity contribution in [2.75, 3.05) is 41.5 Å². The van der Waals surface area contributed by atoms with E-state index in [1.54, 1.807) is 24.3 Å². The molecule has 2 rings (SSSR count). The highest BCUT2D eigenvalue weighted by Gasteiger charge is 2.04. The summed E-state index contributed by atoms with van der Waals surface area (Å²) in [5.74, 6) is -0.231. The molecule has 0 aliphatic heterocycles. The van der Waals surface area contributed by atoms with Gasteiger partial charge in [0, 0.05) is 56.7 Å². The fourth-order valence-corrected chi connectivity index (χ4v) is 2.30. The molecular weight excluding hydrogens is 316 g/mol. The van der Waals surface area contributed by atoms with Crippen molar-refractivity contribution >= 4 is 34.6 Å². The Morgan fingerprint density at radius 3 is 2.16 bits per heavy atom. The van der Waals surface area contributed by atoms with E-state index in [0.29, 0.717) is 24.3 Å². The van der Waals surface area contributed by atoms with Crippen molar-refractivity contribution in [2.24, 2.45) is 0 Å². The molecule has 0 aliphatic rings. The second-order valence-corrected chi connectivity index (χ2v) is 5.93. The van der Waals surface area contributed by atoms with Crippen LogP contribution < -0.4 is 20.9 Å². The van der Waals surface area contributed by atoms with Gasteiger partial charge in [-0.1, -0.05) is 6.07 Å². The maximum Gasteiger partial charge on any atom is 0.226 e. The van der Waals surface area contributed by atoms with Gasteiger partial charge in [-0.25, -0.2) is 0 Å². The fraction of sp³-hybridized carbons (Fsp3) is 0.263. The summed E-state index contributed by atoms with van der Waals surface area (Å²) in [6.45, 7) is 1.99. The lowest BCUT2D eigenvalue weighted by Gasteiger charge is -2.13. The Kier molecular flexibility index (Phi) is 6.39. The smallest absolute Gasteiger partial charge is 0.226 e. The van der Waals surface area contributed by atoms with Crippen LogP contribution in [0.3, 0.4) is 0 Å². The van der Waals surface area contributed by atoms with Crippen molar-refractivity contribution in [3.63, 3.8) is 0 Å². The Morgan fingerprint density at radius 1 is 0.920 bits per heavy atom. The number of nitrogens with zero attached hydrogens (tertiary/aromatic N) is 1. The number of hydrogen-bond donors (Lipinski definition) is 3. The molecule has 0 radical (unpaired) electrons. The van der Waals surface area contributed by atoms with Crippen molar-refractivity contribution in [3.05, 3.63) is 48.5 Å². The minimum atomic E-state index is -0.145. The van der Waals surface area contributed by atoms with Crippen molar-refractivity contribution in [2.45, 2.75) is 13.3 Å². The number of hydrogen-bond acceptors (Lipinski definition) is 4. The van der Waals surface area contributed by atoms with E-state index in [1.165, 1.54) is 6.92 Å². The first-order chi connectivity index (χ1) is 11.9. The zero-order valence-corrected chi connectivity index (χ0v) is 14.8. The summed E-state index contributed by atoms with van der Waals surface area (Å²) >= 11 is 0. The molecule has 0 aromatic heterocycles. The third-order valence-corrected chi connectivity index (χ3v) is 3.53. The van der Waals surface area contributed by atoms with Gasteiger partial charge in [-0.15, -0.1) is 0 Å². The molecule has 6 heteroatoms. The molecule has 0 spiro atoms. The monoisotopic (exact) mass is 340 g/mol. The molecule has 0 aliphatic carbocycles. The molecular formula is C19H24N4O2. The van der Waals surface area contributed by atoms with E-state index >= 15 is 0 Å². The summed E-state index contributed by atoms with van der Waals surface area (Å²) in [6.07, 6.45) is 0.347. The first-order valence-corrected chi connectivity index (χ1v) is 8.13. The zero-order chi connectivity index (χ0) is 18.2. The van der Waals surface area contributed by atoms with Crippen LogP contribution in [-0.4, -0.2) is 32.5 Å². The fourth-order valence-electron chi connectivity index (χ4n) is 2.30. The van der Waals surface area contributed by atoms with Crippen LogP contribution in [0.5, 0.6) is 0 Å². The summed E-state index contributed by atoms with van der Waals surface area (Å²) in [5.41, 5.74) is 3.42. The Bertz CT molecular complexity index is 726. The molecule has 2 aromatic carbocycles. The van der Waals surface area contributed by atoms with Crippen molar-refractivity contribution in [1.29, 1.82) is 0 Å². The SMILES string of the molecule is CC(=O)Nc1cccc(NC(=O)CCNc2ccc(N(C)C)cc2)c1. The number of nitrogens with one attached hydrogen (secondary N) is 3. The standard InChI is InChI=1S/C19H24N4O2/c1-14(24)21-16-5-4-6-17(13-16)22-19(25)11-12-20-15-7-9-18(10-8-15)23(2)3/h4-10,13,20H,11-12H2,1-3H3,(H,21,24)(H,22,25). The van der Waals surface area contributed by atoms with Gasteiger partial charge in [0.1, 0.15) is 0 Å². The average molecular weight is 340 g/mol. The lowest BCUT2D eigenvalue weighted by atomic mass is 10.2. The Labute approximate surface area is 148 Å². The van der Waals surface area contributed by atoms with Crippen LogP contribution in [0, 0.1) is 0 Å². The molecule has 0 fully saturated rings. The summed E-state index contributed by atoms with van der Waals surface area (Å²) in [6, 6.07) is 15.1. The molecule has 2 amide bonds. The first kappa shape index (κ1) is 18.3. The molecule has 0 unspecified atom stereocenters. The summed E-state index contributed by atoms with van der Waals surface area (Å²) in [7, 11) is 3.99. The maximum absolute atomic E-state index is 12.0. The van der Waals surface area contributed by atoms with Gasteiger partial charge < -0.3 is 20.9 Å². The van der Waals surface area contributed by atoms with Crippen LogP contribution in [-0.2, 0) is 9.59 Å². The lowest BCUT2D eigenvalue weighted by molar-refractivity contribution is -0.116. The van der Waals surface area contributed by atoms with Gasteiger partial charge in [0.25, 0.3) is 0 Å². The number of amides is 2. The normalized spacial score (nSPS) is 10.0. The number of anilines is 4. The van der Waals surface area contributed by atoms with Crippen LogP contribution in [0.2, 0.25) is 0 Å². The number of benzene rings is 2. The molecule has 0 saturated heterocycles. The molecule has 6 nitrogen and oxygen atoms in total. The van der Waals surface area contributed by atoms with Crippen molar-refractivity contribution < 1.29 is 9.59 Å². The molecule has 25 heavy (non-hydrogen) atoms. The van der Waals surface area contributed by atoms with Gasteiger partial charge in [-0.05, 0) is 42.5 Å². The van der Waals surface area contributed by atoms with Crippen LogP contribution in [0.25, 0.3) is 0 Å². The second-order valence-electron chi connectivity index (χ2n) is 5.93. The quantitative estimate of drug-likeness (QED) is 0.724. The molecule has 0 bridgehead atoms. The molecule has 132 valence electrons. The highest BCUT2D eigenvalue weighted by Crippen LogP contribution is 2.16. The zero-order valence-electron chi connectivity index (χ0n) is 14.8. The third kappa shape index (κ3) is 6.18. The molecule has 0 saturated carbocycles. The van der Waals surface area contributed by atoms with Gasteiger partial charge in [0.2, 0.25) is 11.8 Å². The summed E-state index contributed by atoms with van der Waals surface area (Å²) in [5, 5.41) is 8.75. The predicted octanol–water partition coefficient (Wildman–Crippen LogP) is 3.15. The first-order valence-electron chi connectivity index (χ1n) is 8.13. The van der Waals surface area contributed by atoms with Crippen molar-refractivity contribution in [3.8, 4) is 0 Å². The highest BCUT2D eigenvalue weighted by molar-refractivity contribution is 5.93. The van der Waals surface area contributed by atoms with E-state index in [1.807, 2.05) is 43.3 Å². The summed E-state index contributed by atoms with van der Waals surface area (Å²) < 4.78 is 0. The lowest BCUT2D eigenvalue weighted by Crippen LogP contribution is -2.16. The van der Waals surface area contributed by atoms with Crippen LogP contribution in [0.15, 0.2) is 48.5 Å². The van der Waals surface area contributed by atoms with E-state index < -0.39 is 0 Å². The minimum absolute atomic E-state index is 0.0858. The number of carbonyl (C=O) groups excluding carboxylic acids is 2. The van der Waals surface area contributed by atoms with E-state index in [4.69, 9.17) is 0 Å². The van der Waals surface area contributed by atoms with E-state index in [0.717, 1.165) is 11.4 Å². The molecule has 0 heterocycles. The number of rotatable bonds is 7. The van der Waals surface area contributed by atoms with Gasteiger partial charge in [0.05, 0.1) is 0 Å². The molecule has 0 atom stereocenters. The minimum Gasteiger partial charge on any atom is -0.385 e. The van der Waals surface area contributed by atoms with Crippen molar-refractivity contribution in [1.82, 2.24) is 0 Å². The summed E-state index contributed by atoms with van der Waals surface area (Å²) in [4.78, 5) is 25.1. The topological polar surface area (TPSA) is 73.5 Å². The van der Waals surface area contributed by atoms with Gasteiger partial charge in [0.15, 0.2) is 0 Å². The Balaban J connectivity index is 1.79. The van der Waals surface area contributed by atoms with Crippen LogP contribution in [0.1, 0.15) is 13.3 Å². The van der Waals surface area contributed by atoms with Gasteiger partial charge in [-0.2, -0.15) is 0 Å². The molecule has 3 N–H and O–H groups in total. The largest absolute Gasteiger partial charge is 0.385 e. The maximum atomic E-state index is 12.0. The molecule has 2 aromatic rings. The van der Waals surface area contributed by atoms with Gasteiger partial charge >= 0.3 is 0 Å². The van der Waals surface area contributed by atoms with Gasteiger partial charge in [-0.3, -0.25) is 9.59 Å². The Morgan fingerprint density at radius 2 is 1.56 bits per heavy atom. The third-order valence-electron chi connectivity index (χ3n) is 3.53.